The average molecular weight is 363 g/mol. The predicted octanol–water partition coefficient (Wildman–Crippen LogP) is 3.16. The third kappa shape index (κ3) is 3.21. The van der Waals surface area contributed by atoms with E-state index in [2.05, 4.69) is 26.4 Å². The van der Waals surface area contributed by atoms with Gasteiger partial charge in [0.15, 0.2) is 5.82 Å². The summed E-state index contributed by atoms with van der Waals surface area (Å²) >= 11 is 1.66. The second-order valence-corrected chi connectivity index (χ2v) is 6.94. The van der Waals surface area contributed by atoms with Crippen LogP contribution in [0.25, 0.3) is 16.0 Å². The number of carbonyl (C=O) groups is 1. The summed E-state index contributed by atoms with van der Waals surface area (Å²) in [5, 5.41) is 8.26. The van der Waals surface area contributed by atoms with E-state index in [1.54, 1.807) is 28.4 Å². The molecule has 0 saturated heterocycles. The second-order valence-electron chi connectivity index (χ2n) is 5.82. The zero-order valence-corrected chi connectivity index (χ0v) is 15.0. The summed E-state index contributed by atoms with van der Waals surface area (Å²) in [6.45, 7) is 2.40. The number of carbonyl (C=O) groups excluding carboxylic acids is 1. The maximum Gasteiger partial charge on any atom is 0.254 e. The van der Waals surface area contributed by atoms with Gasteiger partial charge in [-0.1, -0.05) is 18.2 Å². The molecule has 7 heteroatoms. The Morgan fingerprint density at radius 2 is 2.04 bits per heavy atom. The number of thiazole rings is 1. The zero-order chi connectivity index (χ0) is 17.9. The number of amides is 1. The molecule has 4 rings (SSSR count). The molecule has 0 atom stereocenters. The highest BCUT2D eigenvalue weighted by Crippen LogP contribution is 2.21. The van der Waals surface area contributed by atoms with Gasteiger partial charge in [0, 0.05) is 19.2 Å². The number of para-hydroxylation sites is 1. The van der Waals surface area contributed by atoms with Crippen LogP contribution in [0.1, 0.15) is 21.1 Å². The largest absolute Gasteiger partial charge is 0.352 e. The molecule has 130 valence electrons. The van der Waals surface area contributed by atoms with Crippen LogP contribution < -0.4 is 5.32 Å². The number of benzene rings is 1. The minimum atomic E-state index is -0.134. The molecule has 0 aliphatic heterocycles. The molecular formula is C19H17N5OS. The van der Waals surface area contributed by atoms with Gasteiger partial charge in [0.05, 0.1) is 32.7 Å². The minimum absolute atomic E-state index is 0.134. The fourth-order valence-electron chi connectivity index (χ4n) is 2.75. The maximum absolute atomic E-state index is 12.5. The van der Waals surface area contributed by atoms with Gasteiger partial charge < -0.3 is 5.32 Å². The van der Waals surface area contributed by atoms with Crippen molar-refractivity contribution in [3.8, 4) is 5.82 Å². The third-order valence-electron chi connectivity index (χ3n) is 4.08. The highest BCUT2D eigenvalue weighted by molar-refractivity contribution is 7.18. The highest BCUT2D eigenvalue weighted by Gasteiger charge is 2.15. The van der Waals surface area contributed by atoms with Gasteiger partial charge in [-0.25, -0.2) is 14.6 Å². The van der Waals surface area contributed by atoms with Gasteiger partial charge in [0.25, 0.3) is 5.91 Å². The molecule has 0 aliphatic carbocycles. The molecule has 0 spiro atoms. The maximum atomic E-state index is 12.5. The first-order chi connectivity index (χ1) is 12.7. The lowest BCUT2D eigenvalue weighted by Gasteiger charge is -2.05. The van der Waals surface area contributed by atoms with Crippen LogP contribution in [0.15, 0.2) is 54.9 Å². The topological polar surface area (TPSA) is 72.7 Å². The van der Waals surface area contributed by atoms with Crippen molar-refractivity contribution in [2.75, 3.05) is 6.54 Å². The van der Waals surface area contributed by atoms with E-state index in [1.165, 1.54) is 4.70 Å². The second kappa shape index (κ2) is 7.05. The van der Waals surface area contributed by atoms with Crippen molar-refractivity contribution in [3.63, 3.8) is 0 Å². The lowest BCUT2D eigenvalue weighted by atomic mass is 10.2. The van der Waals surface area contributed by atoms with Crippen LogP contribution in [0.5, 0.6) is 0 Å². The summed E-state index contributed by atoms with van der Waals surface area (Å²) in [4.78, 5) is 21.3. The van der Waals surface area contributed by atoms with Gasteiger partial charge in [0.1, 0.15) is 0 Å². The molecule has 3 heterocycles. The fourth-order valence-corrected chi connectivity index (χ4v) is 3.71. The van der Waals surface area contributed by atoms with Crippen LogP contribution in [0.4, 0.5) is 0 Å². The summed E-state index contributed by atoms with van der Waals surface area (Å²) in [6.07, 6.45) is 3.99. The average Bonchev–Trinajstić information content (AvgIpc) is 3.25. The Balaban J connectivity index is 1.41. The first-order valence-electron chi connectivity index (χ1n) is 8.31. The number of hydrogen-bond acceptors (Lipinski definition) is 5. The molecular weight excluding hydrogens is 346 g/mol. The Bertz CT molecular complexity index is 1020. The number of nitrogens with zero attached hydrogens (tertiary/aromatic N) is 4. The number of hydrogen-bond donors (Lipinski definition) is 1. The van der Waals surface area contributed by atoms with Gasteiger partial charge in [-0.3, -0.25) is 4.79 Å². The molecule has 3 aromatic heterocycles. The Morgan fingerprint density at radius 3 is 2.85 bits per heavy atom. The van der Waals surface area contributed by atoms with Gasteiger partial charge >= 0.3 is 0 Å². The predicted molar refractivity (Wildman–Crippen MR) is 102 cm³/mol. The minimum Gasteiger partial charge on any atom is -0.352 e. The molecule has 0 saturated carbocycles. The van der Waals surface area contributed by atoms with E-state index in [0.29, 0.717) is 24.3 Å². The van der Waals surface area contributed by atoms with Gasteiger partial charge in [-0.15, -0.1) is 11.3 Å². The van der Waals surface area contributed by atoms with Crippen LogP contribution in [0.2, 0.25) is 0 Å². The first-order valence-corrected chi connectivity index (χ1v) is 9.13. The van der Waals surface area contributed by atoms with E-state index in [4.69, 9.17) is 0 Å². The number of rotatable bonds is 5. The van der Waals surface area contributed by atoms with Gasteiger partial charge in [0.2, 0.25) is 0 Å². The van der Waals surface area contributed by atoms with Crippen LogP contribution >= 0.6 is 11.3 Å². The van der Waals surface area contributed by atoms with Crippen LogP contribution in [-0.2, 0) is 6.42 Å². The normalized spacial score (nSPS) is 11.0. The van der Waals surface area contributed by atoms with Gasteiger partial charge in [-0.2, -0.15) is 5.10 Å². The van der Waals surface area contributed by atoms with Crippen molar-refractivity contribution >= 4 is 27.5 Å². The quantitative estimate of drug-likeness (QED) is 0.591. The Kier molecular flexibility index (Phi) is 4.45. The highest BCUT2D eigenvalue weighted by atomic mass is 32.1. The SMILES string of the molecule is Cc1c(C(=O)NCCc2nc3ccccc3s2)cnn1-c1ccccn1. The van der Waals surface area contributed by atoms with Crippen molar-refractivity contribution in [1.82, 2.24) is 25.1 Å². The van der Waals surface area contributed by atoms with E-state index in [9.17, 15) is 4.79 Å². The summed E-state index contributed by atoms with van der Waals surface area (Å²) < 4.78 is 2.84. The van der Waals surface area contributed by atoms with Crippen molar-refractivity contribution in [1.29, 1.82) is 0 Å². The lowest BCUT2D eigenvalue weighted by Crippen LogP contribution is -2.26. The molecule has 1 N–H and O–H groups in total. The molecule has 0 radical (unpaired) electrons. The van der Waals surface area contributed by atoms with E-state index >= 15 is 0 Å². The number of pyridine rings is 1. The first kappa shape index (κ1) is 16.4. The molecule has 6 nitrogen and oxygen atoms in total. The Morgan fingerprint density at radius 1 is 1.19 bits per heavy atom. The van der Waals surface area contributed by atoms with Crippen molar-refractivity contribution in [2.45, 2.75) is 13.3 Å². The molecule has 4 aromatic rings. The monoisotopic (exact) mass is 363 g/mol. The van der Waals surface area contributed by atoms with Crippen molar-refractivity contribution < 1.29 is 4.79 Å². The number of nitrogens with one attached hydrogen (secondary N) is 1. The molecule has 1 amide bonds. The third-order valence-corrected chi connectivity index (χ3v) is 5.18. The summed E-state index contributed by atoms with van der Waals surface area (Å²) in [6, 6.07) is 13.6. The van der Waals surface area contributed by atoms with E-state index in [0.717, 1.165) is 16.2 Å². The van der Waals surface area contributed by atoms with E-state index < -0.39 is 0 Å². The Hall–Kier alpha value is -3.06. The lowest BCUT2D eigenvalue weighted by molar-refractivity contribution is 0.0953. The molecule has 26 heavy (non-hydrogen) atoms. The van der Waals surface area contributed by atoms with Crippen LogP contribution in [0, 0.1) is 6.92 Å². The smallest absolute Gasteiger partial charge is 0.254 e. The number of fused-ring (bicyclic) bond motifs is 1. The molecule has 0 bridgehead atoms. The van der Waals surface area contributed by atoms with Crippen molar-refractivity contribution in [3.05, 3.63) is 71.1 Å². The zero-order valence-electron chi connectivity index (χ0n) is 14.2. The fraction of sp³-hybridized carbons (Fsp3) is 0.158. The summed E-state index contributed by atoms with van der Waals surface area (Å²) in [7, 11) is 0. The summed E-state index contributed by atoms with van der Waals surface area (Å²) in [5.74, 6) is 0.560. The van der Waals surface area contributed by atoms with E-state index in [1.807, 2.05) is 43.3 Å². The molecule has 0 unspecified atom stereocenters. The van der Waals surface area contributed by atoms with Crippen LogP contribution in [-0.4, -0.2) is 32.2 Å². The molecule has 0 fully saturated rings. The molecule has 0 aliphatic rings. The Labute approximate surface area is 154 Å². The summed E-state index contributed by atoms with van der Waals surface area (Å²) in [5.41, 5.74) is 2.33. The molecule has 1 aromatic carbocycles. The number of aromatic nitrogens is 4. The van der Waals surface area contributed by atoms with E-state index in [-0.39, 0.29) is 5.91 Å². The standard InChI is InChI=1S/C19H17N5OS/c1-13-14(12-22-24(13)17-8-4-5-10-20-17)19(25)21-11-9-18-23-15-6-2-3-7-16(15)26-18/h2-8,10,12H,9,11H2,1H3,(H,21,25). The van der Waals surface area contributed by atoms with Crippen LogP contribution in [0.3, 0.4) is 0 Å². The van der Waals surface area contributed by atoms with Crippen molar-refractivity contribution in [2.24, 2.45) is 0 Å². The van der Waals surface area contributed by atoms with Gasteiger partial charge in [-0.05, 0) is 31.2 Å².